The van der Waals surface area contributed by atoms with Gasteiger partial charge in [0, 0.05) is 23.7 Å². The van der Waals surface area contributed by atoms with Crippen molar-refractivity contribution in [3.8, 4) is 0 Å². The molecule has 0 spiro atoms. The van der Waals surface area contributed by atoms with Crippen LogP contribution in [0.3, 0.4) is 0 Å². The molecule has 3 nitrogen and oxygen atoms in total. The molecule has 0 radical (unpaired) electrons. The zero-order valence-corrected chi connectivity index (χ0v) is 11.9. The van der Waals surface area contributed by atoms with E-state index in [9.17, 15) is 0 Å². The molecule has 0 bridgehead atoms. The first-order valence-corrected chi connectivity index (χ1v) is 7.29. The smallest absolute Gasteiger partial charge is 0.0876 e. The molecule has 0 saturated carbocycles. The van der Waals surface area contributed by atoms with Gasteiger partial charge < -0.3 is 5.32 Å². The fraction of sp³-hybridized carbons (Fsp3) is 0.267. The Kier molecular flexibility index (Phi) is 3.36. The number of likely N-dealkylation sites (N-methyl/N-ethyl adjacent to an activating group) is 1. The van der Waals surface area contributed by atoms with Gasteiger partial charge in [-0.05, 0) is 24.6 Å². The van der Waals surface area contributed by atoms with Gasteiger partial charge in [-0.3, -0.25) is 4.68 Å². The van der Waals surface area contributed by atoms with Crippen LogP contribution >= 0.6 is 11.3 Å². The van der Waals surface area contributed by atoms with Gasteiger partial charge in [-0.1, -0.05) is 24.3 Å². The van der Waals surface area contributed by atoms with Gasteiger partial charge >= 0.3 is 0 Å². The summed E-state index contributed by atoms with van der Waals surface area (Å²) in [4.78, 5) is 1.38. The Balaban J connectivity index is 2.01. The van der Waals surface area contributed by atoms with E-state index in [-0.39, 0.29) is 6.04 Å². The van der Waals surface area contributed by atoms with Gasteiger partial charge in [-0.2, -0.15) is 5.10 Å². The van der Waals surface area contributed by atoms with Crippen LogP contribution in [0.1, 0.15) is 16.6 Å². The number of thiophene rings is 1. The molecule has 4 heteroatoms. The van der Waals surface area contributed by atoms with Crippen molar-refractivity contribution in [2.75, 3.05) is 7.05 Å². The molecule has 2 aromatic heterocycles. The van der Waals surface area contributed by atoms with Crippen LogP contribution in [0.5, 0.6) is 0 Å². The average Bonchev–Trinajstić information content (AvgIpc) is 3.05. The summed E-state index contributed by atoms with van der Waals surface area (Å²) < 4.78 is 1.96. The zero-order valence-electron chi connectivity index (χ0n) is 11.1. The molecule has 3 rings (SSSR count). The Bertz CT molecular complexity index is 670. The Hall–Kier alpha value is -1.65. The van der Waals surface area contributed by atoms with Crippen LogP contribution in [0.25, 0.3) is 10.9 Å². The average molecular weight is 271 g/mol. The first-order valence-electron chi connectivity index (χ1n) is 6.41. The summed E-state index contributed by atoms with van der Waals surface area (Å²) in [6.07, 6.45) is 0.981. The molecule has 0 fully saturated rings. The normalized spacial score (nSPS) is 12.9. The third-order valence-corrected chi connectivity index (χ3v) is 4.35. The second-order valence-electron chi connectivity index (χ2n) is 4.65. The fourth-order valence-electron chi connectivity index (χ4n) is 2.46. The van der Waals surface area contributed by atoms with Gasteiger partial charge in [-0.25, -0.2) is 0 Å². The third-order valence-electron chi connectivity index (χ3n) is 3.45. The first-order chi connectivity index (χ1) is 9.29. The molecule has 0 aliphatic carbocycles. The van der Waals surface area contributed by atoms with E-state index in [0.717, 1.165) is 12.1 Å². The number of hydrogen-bond acceptors (Lipinski definition) is 3. The lowest BCUT2D eigenvalue weighted by molar-refractivity contribution is 0.570. The molecular formula is C15H17N3S. The highest BCUT2D eigenvalue weighted by Crippen LogP contribution is 2.26. The topological polar surface area (TPSA) is 29.9 Å². The van der Waals surface area contributed by atoms with Gasteiger partial charge in [0.15, 0.2) is 0 Å². The summed E-state index contributed by atoms with van der Waals surface area (Å²) in [6.45, 7) is 0. The Labute approximate surface area is 116 Å². The van der Waals surface area contributed by atoms with Crippen LogP contribution in [0, 0.1) is 0 Å². The first kappa shape index (κ1) is 12.4. The number of nitrogens with one attached hydrogen (secondary N) is 1. The lowest BCUT2D eigenvalue weighted by atomic mass is 10.1. The lowest BCUT2D eigenvalue weighted by Crippen LogP contribution is -2.19. The summed E-state index contributed by atoms with van der Waals surface area (Å²) in [5.74, 6) is 0. The van der Waals surface area contributed by atoms with Gasteiger partial charge in [0.2, 0.25) is 0 Å². The number of rotatable bonds is 4. The number of para-hydroxylation sites is 1. The minimum atomic E-state index is 0.254. The zero-order chi connectivity index (χ0) is 13.2. The van der Waals surface area contributed by atoms with Crippen molar-refractivity contribution in [1.82, 2.24) is 15.1 Å². The van der Waals surface area contributed by atoms with E-state index in [1.54, 1.807) is 11.3 Å². The molecule has 1 N–H and O–H groups in total. The Morgan fingerprint density at radius 3 is 2.84 bits per heavy atom. The second-order valence-corrected chi connectivity index (χ2v) is 5.68. The molecule has 19 heavy (non-hydrogen) atoms. The highest BCUT2D eigenvalue weighted by atomic mass is 32.1. The molecule has 1 atom stereocenters. The SMILES string of the molecule is CNC(Cc1cccs1)c1nn(C)c2ccccc12. The minimum Gasteiger partial charge on any atom is -0.311 e. The highest BCUT2D eigenvalue weighted by molar-refractivity contribution is 7.09. The quantitative estimate of drug-likeness (QED) is 0.790. The molecule has 3 aromatic rings. The molecular weight excluding hydrogens is 254 g/mol. The second kappa shape index (κ2) is 5.15. The molecule has 2 heterocycles. The molecule has 0 aliphatic heterocycles. The standard InChI is InChI=1S/C15H17N3S/c1-16-13(10-11-6-5-9-19-11)15-12-7-3-4-8-14(12)18(2)17-15/h3-9,13,16H,10H2,1-2H3. The maximum absolute atomic E-state index is 4.70. The monoisotopic (exact) mass is 271 g/mol. The maximum atomic E-state index is 4.70. The van der Waals surface area contributed by atoms with Crippen LogP contribution in [0.2, 0.25) is 0 Å². The van der Waals surface area contributed by atoms with Crippen molar-refractivity contribution in [3.05, 3.63) is 52.3 Å². The van der Waals surface area contributed by atoms with E-state index in [4.69, 9.17) is 5.10 Å². The van der Waals surface area contributed by atoms with E-state index in [1.165, 1.54) is 15.8 Å². The Morgan fingerprint density at radius 1 is 1.26 bits per heavy atom. The minimum absolute atomic E-state index is 0.254. The van der Waals surface area contributed by atoms with Crippen LogP contribution in [-0.2, 0) is 13.5 Å². The van der Waals surface area contributed by atoms with Gasteiger partial charge in [0.1, 0.15) is 0 Å². The molecule has 0 aliphatic rings. The molecule has 0 amide bonds. The van der Waals surface area contributed by atoms with Crippen molar-refractivity contribution in [2.24, 2.45) is 7.05 Å². The number of benzene rings is 1. The van der Waals surface area contributed by atoms with Crippen LogP contribution in [-0.4, -0.2) is 16.8 Å². The predicted molar refractivity (Wildman–Crippen MR) is 80.5 cm³/mol. The largest absolute Gasteiger partial charge is 0.311 e. The van der Waals surface area contributed by atoms with E-state index >= 15 is 0 Å². The summed E-state index contributed by atoms with van der Waals surface area (Å²) in [6, 6.07) is 12.9. The van der Waals surface area contributed by atoms with Crippen molar-refractivity contribution >= 4 is 22.2 Å². The van der Waals surface area contributed by atoms with Crippen molar-refractivity contribution < 1.29 is 0 Å². The number of aryl methyl sites for hydroxylation is 1. The molecule has 0 saturated heterocycles. The summed E-state index contributed by atoms with van der Waals surface area (Å²) >= 11 is 1.80. The van der Waals surface area contributed by atoms with Gasteiger partial charge in [-0.15, -0.1) is 11.3 Å². The van der Waals surface area contributed by atoms with E-state index < -0.39 is 0 Å². The highest BCUT2D eigenvalue weighted by Gasteiger charge is 2.18. The number of hydrogen-bond donors (Lipinski definition) is 1. The van der Waals surface area contributed by atoms with Crippen molar-refractivity contribution in [2.45, 2.75) is 12.5 Å². The molecule has 1 unspecified atom stereocenters. The fourth-order valence-corrected chi connectivity index (χ4v) is 3.22. The van der Waals surface area contributed by atoms with E-state index in [2.05, 4.69) is 47.1 Å². The van der Waals surface area contributed by atoms with E-state index in [1.807, 2.05) is 18.8 Å². The third kappa shape index (κ3) is 2.29. The lowest BCUT2D eigenvalue weighted by Gasteiger charge is -2.13. The van der Waals surface area contributed by atoms with Crippen LogP contribution < -0.4 is 5.32 Å². The van der Waals surface area contributed by atoms with Crippen LogP contribution in [0.4, 0.5) is 0 Å². The van der Waals surface area contributed by atoms with Crippen molar-refractivity contribution in [1.29, 1.82) is 0 Å². The predicted octanol–water partition coefficient (Wildman–Crippen LogP) is 3.14. The van der Waals surface area contributed by atoms with Gasteiger partial charge in [0.05, 0.1) is 17.3 Å². The van der Waals surface area contributed by atoms with Crippen molar-refractivity contribution in [3.63, 3.8) is 0 Å². The molecule has 1 aromatic carbocycles. The maximum Gasteiger partial charge on any atom is 0.0876 e. The number of nitrogens with zero attached hydrogens (tertiary/aromatic N) is 2. The van der Waals surface area contributed by atoms with E-state index in [0.29, 0.717) is 0 Å². The number of aromatic nitrogens is 2. The molecule has 98 valence electrons. The summed E-state index contributed by atoms with van der Waals surface area (Å²) in [7, 11) is 4.01. The summed E-state index contributed by atoms with van der Waals surface area (Å²) in [5, 5.41) is 11.5. The summed E-state index contributed by atoms with van der Waals surface area (Å²) in [5.41, 5.74) is 2.32. The van der Waals surface area contributed by atoms with Crippen LogP contribution in [0.15, 0.2) is 41.8 Å². The van der Waals surface area contributed by atoms with Gasteiger partial charge in [0.25, 0.3) is 0 Å². The Morgan fingerprint density at radius 2 is 2.11 bits per heavy atom. The number of fused-ring (bicyclic) bond motifs is 1.